The summed E-state index contributed by atoms with van der Waals surface area (Å²) in [7, 11) is 1.94. The van der Waals surface area contributed by atoms with Crippen molar-refractivity contribution in [2.75, 3.05) is 26.7 Å². The van der Waals surface area contributed by atoms with Crippen LogP contribution < -0.4 is 10.6 Å². The highest BCUT2D eigenvalue weighted by atomic mass is 35.5. The molecule has 0 spiro atoms. The van der Waals surface area contributed by atoms with Gasteiger partial charge >= 0.3 is 0 Å². The number of H-pyrrole nitrogens is 1. The molecule has 1 aromatic rings. The Balaban J connectivity index is 2.07. The molecule has 1 aliphatic heterocycles. The molecular formula is C14H21Cl2N3O. The van der Waals surface area contributed by atoms with Gasteiger partial charge in [0.1, 0.15) is 5.69 Å². The van der Waals surface area contributed by atoms with Crippen LogP contribution in [0.5, 0.6) is 0 Å². The summed E-state index contributed by atoms with van der Waals surface area (Å²) in [5, 5.41) is 7.39. The Morgan fingerprint density at radius 1 is 1.35 bits per heavy atom. The third-order valence-electron chi connectivity index (χ3n) is 4.01. The maximum absolute atomic E-state index is 12.4. The van der Waals surface area contributed by atoms with Gasteiger partial charge in [-0.25, -0.2) is 0 Å². The van der Waals surface area contributed by atoms with Crippen LogP contribution in [0.2, 0.25) is 10.0 Å². The molecule has 20 heavy (non-hydrogen) atoms. The SMILES string of the molecule is CNCC1CNCCC1CC(=O)c1[nH]c(C)c(Cl)c1Cl. The van der Waals surface area contributed by atoms with Crippen molar-refractivity contribution in [2.45, 2.75) is 19.8 Å². The molecule has 4 nitrogen and oxygen atoms in total. The van der Waals surface area contributed by atoms with Crippen LogP contribution in [0.3, 0.4) is 0 Å². The van der Waals surface area contributed by atoms with E-state index in [4.69, 9.17) is 23.2 Å². The molecule has 0 aliphatic carbocycles. The zero-order valence-electron chi connectivity index (χ0n) is 11.9. The van der Waals surface area contributed by atoms with E-state index in [9.17, 15) is 4.79 Å². The molecule has 112 valence electrons. The van der Waals surface area contributed by atoms with Gasteiger partial charge in [0.2, 0.25) is 0 Å². The largest absolute Gasteiger partial charge is 0.354 e. The number of aromatic amines is 1. The van der Waals surface area contributed by atoms with Gasteiger partial charge in [0.05, 0.1) is 10.0 Å². The number of ketones is 1. The molecule has 2 heterocycles. The Hall–Kier alpha value is -0.550. The summed E-state index contributed by atoms with van der Waals surface area (Å²) in [5.74, 6) is 0.913. The van der Waals surface area contributed by atoms with E-state index in [0.29, 0.717) is 34.0 Å². The lowest BCUT2D eigenvalue weighted by Gasteiger charge is -2.31. The van der Waals surface area contributed by atoms with Crippen LogP contribution in [0.1, 0.15) is 29.0 Å². The number of carbonyl (C=O) groups is 1. The monoisotopic (exact) mass is 317 g/mol. The molecule has 6 heteroatoms. The number of aromatic nitrogens is 1. The summed E-state index contributed by atoms with van der Waals surface area (Å²) in [5.41, 5.74) is 1.20. The molecule has 1 aliphatic rings. The Labute approximate surface area is 129 Å². The van der Waals surface area contributed by atoms with E-state index in [2.05, 4.69) is 15.6 Å². The molecule has 2 rings (SSSR count). The maximum Gasteiger partial charge on any atom is 0.180 e. The molecule has 0 aromatic carbocycles. The van der Waals surface area contributed by atoms with Crippen LogP contribution >= 0.6 is 23.2 Å². The van der Waals surface area contributed by atoms with Crippen molar-refractivity contribution in [2.24, 2.45) is 11.8 Å². The number of halogens is 2. The average Bonchev–Trinajstić information content (AvgIpc) is 2.69. The fraction of sp³-hybridized carbons (Fsp3) is 0.643. The number of Topliss-reactive ketones (excluding diaryl/α,β-unsaturated/α-hetero) is 1. The number of hydrogen-bond acceptors (Lipinski definition) is 3. The number of piperidine rings is 1. The molecule has 1 fully saturated rings. The first-order valence-electron chi connectivity index (χ1n) is 6.96. The average molecular weight is 318 g/mol. The summed E-state index contributed by atoms with van der Waals surface area (Å²) in [6, 6.07) is 0. The van der Waals surface area contributed by atoms with Crippen molar-refractivity contribution >= 4 is 29.0 Å². The van der Waals surface area contributed by atoms with Crippen molar-refractivity contribution in [1.29, 1.82) is 0 Å². The summed E-state index contributed by atoms with van der Waals surface area (Å²) < 4.78 is 0. The molecule has 2 unspecified atom stereocenters. The fourth-order valence-corrected chi connectivity index (χ4v) is 3.29. The minimum absolute atomic E-state index is 0.0537. The van der Waals surface area contributed by atoms with E-state index in [1.54, 1.807) is 0 Å². The van der Waals surface area contributed by atoms with E-state index in [1.807, 2.05) is 14.0 Å². The van der Waals surface area contributed by atoms with Crippen LogP contribution in [-0.2, 0) is 0 Å². The van der Waals surface area contributed by atoms with Gasteiger partial charge in [-0.2, -0.15) is 0 Å². The third kappa shape index (κ3) is 3.37. The predicted octanol–water partition coefficient (Wildman–Crippen LogP) is 2.65. The number of nitrogens with one attached hydrogen (secondary N) is 3. The topological polar surface area (TPSA) is 56.9 Å². The van der Waals surface area contributed by atoms with Gasteiger partial charge in [0.15, 0.2) is 5.78 Å². The van der Waals surface area contributed by atoms with Gasteiger partial charge in [0.25, 0.3) is 0 Å². The number of aryl methyl sites for hydroxylation is 1. The first-order chi connectivity index (χ1) is 9.54. The van der Waals surface area contributed by atoms with E-state index in [0.717, 1.165) is 31.7 Å². The first-order valence-corrected chi connectivity index (χ1v) is 7.72. The van der Waals surface area contributed by atoms with Gasteiger partial charge in [-0.05, 0) is 51.9 Å². The predicted molar refractivity (Wildman–Crippen MR) is 82.9 cm³/mol. The molecule has 2 atom stereocenters. The maximum atomic E-state index is 12.4. The number of rotatable bonds is 5. The van der Waals surface area contributed by atoms with E-state index in [1.165, 1.54) is 0 Å². The van der Waals surface area contributed by atoms with Crippen molar-refractivity contribution in [3.63, 3.8) is 0 Å². The fourth-order valence-electron chi connectivity index (χ4n) is 2.85. The molecule has 0 saturated carbocycles. The van der Waals surface area contributed by atoms with Crippen LogP contribution in [0.15, 0.2) is 0 Å². The second-order valence-corrected chi connectivity index (χ2v) is 6.21. The van der Waals surface area contributed by atoms with E-state index >= 15 is 0 Å². The molecule has 0 amide bonds. The molecule has 3 N–H and O–H groups in total. The van der Waals surface area contributed by atoms with Crippen LogP contribution in [0.25, 0.3) is 0 Å². The normalized spacial score (nSPS) is 23.0. The van der Waals surface area contributed by atoms with Crippen molar-refractivity contribution in [3.8, 4) is 0 Å². The first kappa shape index (κ1) is 15.8. The summed E-state index contributed by atoms with van der Waals surface area (Å²) in [4.78, 5) is 15.4. The summed E-state index contributed by atoms with van der Waals surface area (Å²) >= 11 is 12.1. The molecule has 1 aromatic heterocycles. The summed E-state index contributed by atoms with van der Waals surface area (Å²) in [6.45, 7) is 4.66. The zero-order valence-corrected chi connectivity index (χ0v) is 13.4. The Morgan fingerprint density at radius 3 is 2.70 bits per heavy atom. The lowest BCUT2D eigenvalue weighted by Crippen LogP contribution is -2.41. The zero-order chi connectivity index (χ0) is 14.7. The minimum Gasteiger partial charge on any atom is -0.354 e. The smallest absolute Gasteiger partial charge is 0.180 e. The van der Waals surface area contributed by atoms with Gasteiger partial charge in [-0.1, -0.05) is 23.2 Å². The van der Waals surface area contributed by atoms with Gasteiger partial charge in [0, 0.05) is 12.1 Å². The van der Waals surface area contributed by atoms with Crippen LogP contribution in [0, 0.1) is 18.8 Å². The molecule has 0 radical (unpaired) electrons. The highest BCUT2D eigenvalue weighted by Gasteiger charge is 2.28. The third-order valence-corrected chi connectivity index (χ3v) is 4.96. The lowest BCUT2D eigenvalue weighted by molar-refractivity contribution is 0.0923. The quantitative estimate of drug-likeness (QED) is 0.732. The summed E-state index contributed by atoms with van der Waals surface area (Å²) in [6.07, 6.45) is 1.53. The molecular weight excluding hydrogens is 297 g/mol. The Morgan fingerprint density at radius 2 is 2.10 bits per heavy atom. The lowest BCUT2D eigenvalue weighted by atomic mass is 9.82. The number of carbonyl (C=O) groups excluding carboxylic acids is 1. The minimum atomic E-state index is 0.0537. The molecule has 0 bridgehead atoms. The Kier molecular flexibility index (Phi) is 5.49. The molecule has 1 saturated heterocycles. The van der Waals surface area contributed by atoms with Gasteiger partial charge < -0.3 is 15.6 Å². The van der Waals surface area contributed by atoms with E-state index in [-0.39, 0.29) is 5.78 Å². The highest BCUT2D eigenvalue weighted by Crippen LogP contribution is 2.32. The van der Waals surface area contributed by atoms with Crippen molar-refractivity contribution < 1.29 is 4.79 Å². The number of hydrogen-bond donors (Lipinski definition) is 3. The van der Waals surface area contributed by atoms with E-state index < -0.39 is 0 Å². The second kappa shape index (κ2) is 6.94. The second-order valence-electron chi connectivity index (χ2n) is 5.45. The standard InChI is InChI=1S/C14H21Cl2N3O/c1-8-12(15)13(16)14(19-8)11(20)5-9-3-4-18-7-10(9)6-17-2/h9-10,17-19H,3-7H2,1-2H3. The van der Waals surface area contributed by atoms with Crippen molar-refractivity contribution in [3.05, 3.63) is 21.4 Å². The van der Waals surface area contributed by atoms with Crippen LogP contribution in [0.4, 0.5) is 0 Å². The van der Waals surface area contributed by atoms with Gasteiger partial charge in [-0.15, -0.1) is 0 Å². The van der Waals surface area contributed by atoms with Gasteiger partial charge in [-0.3, -0.25) is 4.79 Å². The van der Waals surface area contributed by atoms with Crippen molar-refractivity contribution in [1.82, 2.24) is 15.6 Å². The Bertz CT molecular complexity index is 485. The van der Waals surface area contributed by atoms with Crippen LogP contribution in [-0.4, -0.2) is 37.4 Å². The highest BCUT2D eigenvalue weighted by molar-refractivity contribution is 6.44.